The number of aryl methyl sites for hydroxylation is 1. The zero-order valence-corrected chi connectivity index (χ0v) is 28.7. The fraction of sp³-hybridized carbons (Fsp3) is 0.667. The van der Waals surface area contributed by atoms with Gasteiger partial charge in [0.1, 0.15) is 11.6 Å². The lowest BCUT2D eigenvalue weighted by Gasteiger charge is -2.43. The van der Waals surface area contributed by atoms with Crippen LogP contribution in [0.15, 0.2) is 35.9 Å². The number of hydrogen-bond acceptors (Lipinski definition) is 8. The zero-order valence-electron chi connectivity index (χ0n) is 28.7. The van der Waals surface area contributed by atoms with E-state index >= 15 is 0 Å². The number of carbonyl (C=O) groups is 1. The fourth-order valence-corrected chi connectivity index (χ4v) is 6.16. The Hall–Kier alpha value is -2.88. The molecule has 5 rings (SSSR count). The van der Waals surface area contributed by atoms with Gasteiger partial charge in [0, 0.05) is 31.3 Å². The molecule has 0 saturated carbocycles. The van der Waals surface area contributed by atoms with Crippen LogP contribution in [-0.2, 0) is 43.4 Å². The van der Waals surface area contributed by atoms with E-state index in [9.17, 15) is 4.79 Å². The number of aromatic nitrogens is 2. The van der Waals surface area contributed by atoms with Gasteiger partial charge >= 0.3 is 5.97 Å². The number of ether oxygens (including phenoxy) is 4. The summed E-state index contributed by atoms with van der Waals surface area (Å²) in [6, 6.07) is 10.5. The number of nitrogen functional groups attached to an aromatic ring is 1. The van der Waals surface area contributed by atoms with Crippen molar-refractivity contribution in [2.75, 3.05) is 32.0 Å². The maximum atomic E-state index is 13.6. The first-order valence-electron chi connectivity index (χ1n) is 16.9. The van der Waals surface area contributed by atoms with Gasteiger partial charge in [0.25, 0.3) is 0 Å². The summed E-state index contributed by atoms with van der Waals surface area (Å²) in [5.41, 5.74) is 9.97. The van der Waals surface area contributed by atoms with E-state index in [2.05, 4.69) is 49.9 Å². The summed E-state index contributed by atoms with van der Waals surface area (Å²) in [5.74, 6) is 0.866. The molecule has 1 aromatic heterocycles. The molecular weight excluding hydrogens is 568 g/mol. The fourth-order valence-electron chi connectivity index (χ4n) is 6.16. The molecule has 3 aliphatic heterocycles. The third-order valence-electron chi connectivity index (χ3n) is 8.84. The predicted molar refractivity (Wildman–Crippen MR) is 178 cm³/mol. The van der Waals surface area contributed by atoms with Crippen LogP contribution in [-0.4, -0.2) is 64.3 Å². The van der Waals surface area contributed by atoms with Crippen molar-refractivity contribution in [1.29, 1.82) is 0 Å². The van der Waals surface area contributed by atoms with Crippen molar-refractivity contribution in [3.05, 3.63) is 52.7 Å². The third kappa shape index (κ3) is 9.56. The van der Waals surface area contributed by atoms with Gasteiger partial charge in [0.2, 0.25) is 0 Å². The molecule has 0 amide bonds. The molecule has 0 spiro atoms. The second kappa shape index (κ2) is 15.6. The number of nitrogens with two attached hydrogens (primary N) is 1. The summed E-state index contributed by atoms with van der Waals surface area (Å²) in [4.78, 5) is 16.0. The topological polar surface area (TPSA) is 101 Å². The highest BCUT2D eigenvalue weighted by Crippen LogP contribution is 2.37. The Morgan fingerprint density at radius 1 is 1.09 bits per heavy atom. The first-order chi connectivity index (χ1) is 21.4. The second-order valence-electron chi connectivity index (χ2n) is 13.8. The quantitative estimate of drug-likeness (QED) is 0.353. The number of esters is 1. The van der Waals surface area contributed by atoms with E-state index in [-0.39, 0.29) is 18.1 Å². The Kier molecular flexibility index (Phi) is 12.1. The van der Waals surface area contributed by atoms with E-state index in [0.717, 1.165) is 87.3 Å². The lowest BCUT2D eigenvalue weighted by molar-refractivity contribution is -0.162. The molecule has 3 aliphatic rings. The van der Waals surface area contributed by atoms with Crippen LogP contribution in [0.4, 0.5) is 5.82 Å². The van der Waals surface area contributed by atoms with Crippen molar-refractivity contribution in [2.24, 2.45) is 5.92 Å². The smallest absolute Gasteiger partial charge is 0.339 e. The molecule has 2 unspecified atom stereocenters. The third-order valence-corrected chi connectivity index (χ3v) is 8.84. The Labute approximate surface area is 270 Å². The summed E-state index contributed by atoms with van der Waals surface area (Å²) in [7, 11) is 0. The van der Waals surface area contributed by atoms with Crippen molar-refractivity contribution in [3.8, 4) is 0 Å². The molecule has 9 nitrogen and oxygen atoms in total. The lowest BCUT2D eigenvalue weighted by Crippen LogP contribution is -2.46. The van der Waals surface area contributed by atoms with E-state index in [1.54, 1.807) is 4.68 Å². The van der Waals surface area contributed by atoms with Crippen LogP contribution in [0.1, 0.15) is 104 Å². The Morgan fingerprint density at radius 3 is 2.51 bits per heavy atom. The van der Waals surface area contributed by atoms with Gasteiger partial charge in [-0.25, -0.2) is 9.48 Å². The molecular formula is C36H56N4O5. The molecule has 0 aliphatic carbocycles. The zero-order chi connectivity index (χ0) is 32.6. The van der Waals surface area contributed by atoms with E-state index in [1.807, 2.05) is 33.8 Å². The average molecular weight is 625 g/mol. The van der Waals surface area contributed by atoms with Crippen LogP contribution in [0.25, 0.3) is 5.82 Å². The average Bonchev–Trinajstić information content (AvgIpc) is 3.35. The number of benzene rings is 1. The van der Waals surface area contributed by atoms with Gasteiger partial charge < -0.3 is 29.6 Å². The lowest BCUT2D eigenvalue weighted by atomic mass is 9.89. The SMILES string of the molecule is CCOC(=O)C(OC(C)(C)C)C(=C1N2CCC(C)(CC2)OCCCCCc2cccc(c2)COCc2cc(N)n1n2)C(C)CC. The maximum Gasteiger partial charge on any atom is 0.339 e. The standard InChI is InChI=1S/C36H56N4O5/c1-8-26(3)31(32(34(41)43-9-2)45-35(4,5)6)33-39-19-17-36(7,18-20-39)44-21-12-10-11-14-27-15-13-16-28(22-27)24-42-25-29-23-30(37)40(33)38-29/h13,15-16,22-23,26,32H,8-12,14,17-21,24-25,37H2,1-7H3. The van der Waals surface area contributed by atoms with Crippen molar-refractivity contribution < 1.29 is 23.7 Å². The van der Waals surface area contributed by atoms with Gasteiger partial charge in [-0.15, -0.1) is 0 Å². The van der Waals surface area contributed by atoms with Gasteiger partial charge in [-0.3, -0.25) is 0 Å². The number of fused-ring (bicyclic) bond motifs is 9. The summed E-state index contributed by atoms with van der Waals surface area (Å²) in [5, 5.41) is 5.00. The van der Waals surface area contributed by atoms with Gasteiger partial charge in [-0.1, -0.05) is 44.5 Å². The van der Waals surface area contributed by atoms with Gasteiger partial charge in [-0.2, -0.15) is 5.10 Å². The molecule has 2 aromatic rings. The minimum absolute atomic E-state index is 0.0116. The predicted octanol–water partition coefficient (Wildman–Crippen LogP) is 6.74. The van der Waals surface area contributed by atoms with Crippen molar-refractivity contribution >= 4 is 17.6 Å². The van der Waals surface area contributed by atoms with Crippen LogP contribution in [0.5, 0.6) is 0 Å². The molecule has 2 N–H and O–H groups in total. The molecule has 250 valence electrons. The van der Waals surface area contributed by atoms with Crippen LogP contribution < -0.4 is 5.73 Å². The van der Waals surface area contributed by atoms with Crippen LogP contribution in [0, 0.1) is 5.92 Å². The van der Waals surface area contributed by atoms with Gasteiger partial charge in [-0.05, 0) is 90.2 Å². The molecule has 1 aromatic carbocycles. The molecule has 6 bridgehead atoms. The molecule has 1 saturated heterocycles. The van der Waals surface area contributed by atoms with E-state index < -0.39 is 17.7 Å². The van der Waals surface area contributed by atoms with Crippen LogP contribution >= 0.6 is 0 Å². The maximum absolute atomic E-state index is 13.6. The molecule has 2 atom stereocenters. The molecule has 4 heterocycles. The second-order valence-corrected chi connectivity index (χ2v) is 13.8. The normalized spacial score (nSPS) is 20.7. The van der Waals surface area contributed by atoms with E-state index in [4.69, 9.17) is 29.8 Å². The van der Waals surface area contributed by atoms with Crippen molar-refractivity contribution in [3.63, 3.8) is 0 Å². The number of carbonyl (C=O) groups excluding carboxylic acids is 1. The van der Waals surface area contributed by atoms with Gasteiger partial charge in [0.15, 0.2) is 6.10 Å². The summed E-state index contributed by atoms with van der Waals surface area (Å²) in [6.07, 6.45) is 5.95. The number of piperidine rings is 1. The minimum atomic E-state index is -0.916. The number of hydrogen-bond donors (Lipinski definition) is 1. The molecule has 1 fully saturated rings. The van der Waals surface area contributed by atoms with Crippen molar-refractivity contribution in [2.45, 2.75) is 124 Å². The highest BCUT2D eigenvalue weighted by molar-refractivity contribution is 5.81. The highest BCUT2D eigenvalue weighted by atomic mass is 16.6. The minimum Gasteiger partial charge on any atom is -0.464 e. The van der Waals surface area contributed by atoms with Crippen molar-refractivity contribution in [1.82, 2.24) is 14.7 Å². The summed E-state index contributed by atoms with van der Waals surface area (Å²) in [6.45, 7) is 17.5. The highest BCUT2D eigenvalue weighted by Gasteiger charge is 2.39. The number of anilines is 1. The Balaban J connectivity index is 1.81. The molecule has 0 radical (unpaired) electrons. The largest absolute Gasteiger partial charge is 0.464 e. The first kappa shape index (κ1) is 35.0. The Bertz CT molecular complexity index is 1290. The number of nitrogens with zero attached hydrogens (tertiary/aromatic N) is 3. The first-order valence-corrected chi connectivity index (χ1v) is 16.9. The van der Waals surface area contributed by atoms with Gasteiger partial charge in [0.05, 0.1) is 36.7 Å². The van der Waals surface area contributed by atoms with Crippen LogP contribution in [0.3, 0.4) is 0 Å². The molecule has 45 heavy (non-hydrogen) atoms. The van der Waals surface area contributed by atoms with E-state index in [1.165, 1.54) is 5.56 Å². The summed E-state index contributed by atoms with van der Waals surface area (Å²) >= 11 is 0. The van der Waals surface area contributed by atoms with E-state index in [0.29, 0.717) is 19.0 Å². The van der Waals surface area contributed by atoms with Crippen LogP contribution in [0.2, 0.25) is 0 Å². The number of rotatable bonds is 6. The molecule has 9 heteroatoms. The summed E-state index contributed by atoms with van der Waals surface area (Å²) < 4.78 is 26.6. The Morgan fingerprint density at radius 2 is 1.82 bits per heavy atom. The monoisotopic (exact) mass is 624 g/mol.